The highest BCUT2D eigenvalue weighted by molar-refractivity contribution is 5.97. The van der Waals surface area contributed by atoms with E-state index in [0.717, 1.165) is 17.9 Å². The summed E-state index contributed by atoms with van der Waals surface area (Å²) in [4.78, 5) is 27.8. The van der Waals surface area contributed by atoms with E-state index in [1.165, 1.54) is 0 Å². The normalized spacial score (nSPS) is 14.4. The standard InChI is InChI=1S/C16H23N3O3/c1-16(2,3)22-14(20)11-17-15(21)19-10-9-18(4)12-7-5-6-8-13(12)19/h5-8H,9-11H2,1-4H3,(H,17,21). The summed E-state index contributed by atoms with van der Waals surface area (Å²) in [7, 11) is 1.99. The molecule has 2 rings (SSSR count). The lowest BCUT2D eigenvalue weighted by molar-refractivity contribution is -0.153. The van der Waals surface area contributed by atoms with Crippen LogP contribution >= 0.6 is 0 Å². The summed E-state index contributed by atoms with van der Waals surface area (Å²) in [6, 6.07) is 7.43. The van der Waals surface area contributed by atoms with Gasteiger partial charge in [0.1, 0.15) is 12.1 Å². The van der Waals surface area contributed by atoms with E-state index in [-0.39, 0.29) is 12.6 Å². The van der Waals surface area contributed by atoms with Gasteiger partial charge in [-0.2, -0.15) is 0 Å². The van der Waals surface area contributed by atoms with Crippen molar-refractivity contribution in [1.29, 1.82) is 0 Å². The first kappa shape index (κ1) is 16.1. The van der Waals surface area contributed by atoms with Gasteiger partial charge in [0.15, 0.2) is 0 Å². The van der Waals surface area contributed by atoms with Crippen LogP contribution in [0.2, 0.25) is 0 Å². The molecule has 1 N–H and O–H groups in total. The maximum atomic E-state index is 12.3. The number of fused-ring (bicyclic) bond motifs is 1. The average Bonchev–Trinajstić information content (AvgIpc) is 2.44. The number of ether oxygens (including phenoxy) is 1. The quantitative estimate of drug-likeness (QED) is 0.849. The van der Waals surface area contributed by atoms with Crippen LogP contribution in [0.15, 0.2) is 24.3 Å². The van der Waals surface area contributed by atoms with E-state index in [1.807, 2.05) is 31.3 Å². The first-order valence-electron chi connectivity index (χ1n) is 7.35. The predicted molar refractivity (Wildman–Crippen MR) is 86.3 cm³/mol. The first-order valence-corrected chi connectivity index (χ1v) is 7.35. The molecule has 0 saturated heterocycles. The van der Waals surface area contributed by atoms with Crippen LogP contribution in [0.5, 0.6) is 0 Å². The van der Waals surface area contributed by atoms with E-state index in [1.54, 1.807) is 25.7 Å². The molecule has 0 bridgehead atoms. The van der Waals surface area contributed by atoms with Crippen LogP contribution in [0.25, 0.3) is 0 Å². The highest BCUT2D eigenvalue weighted by atomic mass is 16.6. The Bertz CT molecular complexity index is 566. The number of esters is 1. The number of rotatable bonds is 2. The molecule has 0 spiro atoms. The Labute approximate surface area is 131 Å². The van der Waals surface area contributed by atoms with E-state index in [9.17, 15) is 9.59 Å². The van der Waals surface area contributed by atoms with E-state index in [0.29, 0.717) is 6.54 Å². The predicted octanol–water partition coefficient (Wildman–Crippen LogP) is 1.99. The minimum absolute atomic E-state index is 0.134. The lowest BCUT2D eigenvalue weighted by atomic mass is 10.2. The molecule has 0 fully saturated rings. The third-order valence-corrected chi connectivity index (χ3v) is 3.29. The number of para-hydroxylation sites is 2. The Morgan fingerprint density at radius 1 is 1.18 bits per heavy atom. The largest absolute Gasteiger partial charge is 0.459 e. The van der Waals surface area contributed by atoms with Crippen molar-refractivity contribution in [3.8, 4) is 0 Å². The SMILES string of the molecule is CN1CCN(C(=O)NCC(=O)OC(C)(C)C)c2ccccc21. The molecule has 1 heterocycles. The maximum absolute atomic E-state index is 12.3. The lowest BCUT2D eigenvalue weighted by Gasteiger charge is -2.35. The smallest absolute Gasteiger partial charge is 0.325 e. The summed E-state index contributed by atoms with van der Waals surface area (Å²) in [5, 5.41) is 2.62. The number of carbonyl (C=O) groups is 2. The zero-order chi connectivity index (χ0) is 16.3. The van der Waals surface area contributed by atoms with Gasteiger partial charge in [-0.25, -0.2) is 4.79 Å². The van der Waals surface area contributed by atoms with E-state index < -0.39 is 11.6 Å². The molecular formula is C16H23N3O3. The number of carbonyl (C=O) groups excluding carboxylic acids is 2. The summed E-state index contributed by atoms with van der Waals surface area (Å²) in [5.74, 6) is -0.441. The highest BCUT2D eigenvalue weighted by Crippen LogP contribution is 2.31. The van der Waals surface area contributed by atoms with E-state index in [4.69, 9.17) is 4.74 Å². The fourth-order valence-corrected chi connectivity index (χ4v) is 2.34. The molecule has 6 heteroatoms. The number of urea groups is 1. The minimum atomic E-state index is -0.553. The van der Waals surface area contributed by atoms with E-state index >= 15 is 0 Å². The Kier molecular flexibility index (Phi) is 4.59. The van der Waals surface area contributed by atoms with Crippen molar-refractivity contribution >= 4 is 23.4 Å². The van der Waals surface area contributed by atoms with Gasteiger partial charge in [-0.1, -0.05) is 12.1 Å². The number of hydrogen-bond donors (Lipinski definition) is 1. The van der Waals surface area contributed by atoms with Gasteiger partial charge in [-0.05, 0) is 32.9 Å². The number of hydrogen-bond acceptors (Lipinski definition) is 4. The van der Waals surface area contributed by atoms with Crippen molar-refractivity contribution < 1.29 is 14.3 Å². The number of benzene rings is 1. The molecule has 22 heavy (non-hydrogen) atoms. The van der Waals surface area contributed by atoms with Crippen molar-refractivity contribution in [2.24, 2.45) is 0 Å². The van der Waals surface area contributed by atoms with Gasteiger partial charge in [0.2, 0.25) is 0 Å². The summed E-state index contributed by atoms with van der Waals surface area (Å²) >= 11 is 0. The Balaban J connectivity index is 1.99. The molecule has 2 amide bonds. The van der Waals surface area contributed by atoms with Crippen LogP contribution in [-0.4, -0.2) is 44.3 Å². The number of nitrogens with one attached hydrogen (secondary N) is 1. The van der Waals surface area contributed by atoms with Gasteiger partial charge in [0.25, 0.3) is 0 Å². The van der Waals surface area contributed by atoms with Gasteiger partial charge < -0.3 is 15.0 Å². The Morgan fingerprint density at radius 2 is 1.82 bits per heavy atom. The number of anilines is 2. The molecule has 1 aromatic carbocycles. The maximum Gasteiger partial charge on any atom is 0.325 e. The van der Waals surface area contributed by atoms with Gasteiger partial charge in [0.05, 0.1) is 11.4 Å². The lowest BCUT2D eigenvalue weighted by Crippen LogP contribution is -2.48. The number of nitrogens with zero attached hydrogens (tertiary/aromatic N) is 2. The summed E-state index contributed by atoms with van der Waals surface area (Å²) in [6.45, 7) is 6.57. The minimum Gasteiger partial charge on any atom is -0.459 e. The summed E-state index contributed by atoms with van der Waals surface area (Å²) in [6.07, 6.45) is 0. The van der Waals surface area contributed by atoms with Gasteiger partial charge in [-0.15, -0.1) is 0 Å². The van der Waals surface area contributed by atoms with Crippen molar-refractivity contribution in [2.75, 3.05) is 36.5 Å². The second-order valence-electron chi connectivity index (χ2n) is 6.31. The number of likely N-dealkylation sites (N-methyl/N-ethyl adjacent to an activating group) is 1. The molecule has 0 aliphatic carbocycles. The fourth-order valence-electron chi connectivity index (χ4n) is 2.34. The summed E-state index contributed by atoms with van der Waals surface area (Å²) in [5.41, 5.74) is 1.29. The first-order chi connectivity index (χ1) is 10.3. The Hall–Kier alpha value is -2.24. The van der Waals surface area contributed by atoms with Crippen molar-refractivity contribution in [1.82, 2.24) is 5.32 Å². The second-order valence-corrected chi connectivity index (χ2v) is 6.31. The van der Waals surface area contributed by atoms with Gasteiger partial charge >= 0.3 is 12.0 Å². The molecule has 120 valence electrons. The Morgan fingerprint density at radius 3 is 2.45 bits per heavy atom. The molecule has 0 atom stereocenters. The fraction of sp³-hybridized carbons (Fsp3) is 0.500. The second kappa shape index (κ2) is 6.25. The molecule has 0 unspecified atom stereocenters. The van der Waals surface area contributed by atoms with Crippen LogP contribution in [0.4, 0.5) is 16.2 Å². The van der Waals surface area contributed by atoms with Crippen LogP contribution in [0, 0.1) is 0 Å². The molecule has 0 saturated carbocycles. The van der Waals surface area contributed by atoms with Crippen molar-refractivity contribution in [2.45, 2.75) is 26.4 Å². The van der Waals surface area contributed by atoms with E-state index in [2.05, 4.69) is 10.2 Å². The zero-order valence-corrected chi connectivity index (χ0v) is 13.5. The zero-order valence-electron chi connectivity index (χ0n) is 13.5. The molecule has 1 aromatic rings. The van der Waals surface area contributed by atoms with Crippen LogP contribution in [0.3, 0.4) is 0 Å². The summed E-state index contributed by atoms with van der Waals surface area (Å²) < 4.78 is 5.18. The average molecular weight is 305 g/mol. The molecule has 0 radical (unpaired) electrons. The topological polar surface area (TPSA) is 61.9 Å². The van der Waals surface area contributed by atoms with Crippen molar-refractivity contribution in [3.05, 3.63) is 24.3 Å². The van der Waals surface area contributed by atoms with Gasteiger partial charge in [-0.3, -0.25) is 9.69 Å². The van der Waals surface area contributed by atoms with Crippen molar-refractivity contribution in [3.63, 3.8) is 0 Å². The molecule has 1 aliphatic rings. The highest BCUT2D eigenvalue weighted by Gasteiger charge is 2.25. The molecular weight excluding hydrogens is 282 g/mol. The van der Waals surface area contributed by atoms with Gasteiger partial charge in [0, 0.05) is 20.1 Å². The third-order valence-electron chi connectivity index (χ3n) is 3.29. The number of amides is 2. The van der Waals surface area contributed by atoms with Crippen LogP contribution in [-0.2, 0) is 9.53 Å². The van der Waals surface area contributed by atoms with Crippen LogP contribution in [0.1, 0.15) is 20.8 Å². The third kappa shape index (κ3) is 3.90. The molecule has 1 aliphatic heterocycles. The monoisotopic (exact) mass is 305 g/mol. The molecule has 0 aromatic heterocycles. The van der Waals surface area contributed by atoms with Crippen LogP contribution < -0.4 is 15.1 Å². The molecule has 6 nitrogen and oxygen atoms in total.